The number of rotatable bonds is 2. The summed E-state index contributed by atoms with van der Waals surface area (Å²) >= 11 is 3.68. The van der Waals surface area contributed by atoms with Crippen molar-refractivity contribution in [3.8, 4) is 0 Å². The number of alkyl halides is 1. The Bertz CT molecular complexity index is 433. The SMILES string of the molecule is CCC1(Br)CN(C)N=C1c1ccccc1F. The fraction of sp³-hybridized carbons (Fsp3) is 0.417. The van der Waals surface area contributed by atoms with Crippen molar-refractivity contribution in [2.75, 3.05) is 13.6 Å². The Labute approximate surface area is 103 Å². The third-order valence-corrected chi connectivity index (χ3v) is 4.05. The summed E-state index contributed by atoms with van der Waals surface area (Å²) in [5.41, 5.74) is 1.38. The lowest BCUT2D eigenvalue weighted by Gasteiger charge is -2.21. The van der Waals surface area contributed by atoms with Gasteiger partial charge in [0, 0.05) is 12.6 Å². The van der Waals surface area contributed by atoms with Gasteiger partial charge >= 0.3 is 0 Å². The molecule has 1 heterocycles. The Hall–Kier alpha value is -0.900. The van der Waals surface area contributed by atoms with E-state index in [2.05, 4.69) is 28.0 Å². The van der Waals surface area contributed by atoms with Crippen LogP contribution in [0.1, 0.15) is 18.9 Å². The number of hydrazone groups is 1. The molecule has 0 fully saturated rings. The zero-order chi connectivity index (χ0) is 11.8. The maximum absolute atomic E-state index is 13.7. The van der Waals surface area contributed by atoms with Gasteiger partial charge in [0.05, 0.1) is 16.6 Å². The van der Waals surface area contributed by atoms with Gasteiger partial charge in [-0.05, 0) is 12.5 Å². The van der Waals surface area contributed by atoms with Crippen LogP contribution in [-0.2, 0) is 0 Å². The van der Waals surface area contributed by atoms with Gasteiger partial charge in [-0.15, -0.1) is 0 Å². The fourth-order valence-electron chi connectivity index (χ4n) is 1.96. The molecule has 1 aromatic carbocycles. The molecule has 86 valence electrons. The molecular formula is C12H14BrFN2. The van der Waals surface area contributed by atoms with Crippen molar-refractivity contribution in [2.45, 2.75) is 17.7 Å². The van der Waals surface area contributed by atoms with E-state index in [1.54, 1.807) is 12.1 Å². The second kappa shape index (κ2) is 4.17. The maximum atomic E-state index is 13.7. The number of halogens is 2. The van der Waals surface area contributed by atoms with Gasteiger partial charge in [-0.2, -0.15) is 5.10 Å². The molecule has 2 nitrogen and oxygen atoms in total. The molecule has 0 aromatic heterocycles. The summed E-state index contributed by atoms with van der Waals surface area (Å²) in [6, 6.07) is 6.78. The van der Waals surface area contributed by atoms with Crippen LogP contribution in [0.5, 0.6) is 0 Å². The first-order valence-corrected chi connectivity index (χ1v) is 6.10. The van der Waals surface area contributed by atoms with Crippen molar-refractivity contribution in [2.24, 2.45) is 5.10 Å². The van der Waals surface area contributed by atoms with Gasteiger partial charge in [0.15, 0.2) is 0 Å². The monoisotopic (exact) mass is 284 g/mol. The van der Waals surface area contributed by atoms with E-state index in [-0.39, 0.29) is 10.1 Å². The Kier molecular flexibility index (Phi) is 3.02. The fourth-order valence-corrected chi connectivity index (χ4v) is 2.62. The van der Waals surface area contributed by atoms with E-state index >= 15 is 0 Å². The maximum Gasteiger partial charge on any atom is 0.132 e. The standard InChI is InChI=1S/C12H14BrFN2/c1-3-12(13)8-16(2)15-11(12)9-6-4-5-7-10(9)14/h4-7H,3,8H2,1-2H3. The van der Waals surface area contributed by atoms with E-state index in [0.717, 1.165) is 18.7 Å². The average molecular weight is 285 g/mol. The van der Waals surface area contributed by atoms with Gasteiger partial charge in [0.2, 0.25) is 0 Å². The summed E-state index contributed by atoms with van der Waals surface area (Å²) < 4.78 is 13.5. The summed E-state index contributed by atoms with van der Waals surface area (Å²) in [6.45, 7) is 2.84. The van der Waals surface area contributed by atoms with Gasteiger partial charge < -0.3 is 0 Å². The number of hydrogen-bond acceptors (Lipinski definition) is 2. The highest BCUT2D eigenvalue weighted by atomic mass is 79.9. The molecule has 0 radical (unpaired) electrons. The molecule has 2 rings (SSSR count). The lowest BCUT2D eigenvalue weighted by molar-refractivity contribution is 0.371. The van der Waals surface area contributed by atoms with Crippen LogP contribution in [0.4, 0.5) is 4.39 Å². The average Bonchev–Trinajstić information content (AvgIpc) is 2.56. The van der Waals surface area contributed by atoms with E-state index in [9.17, 15) is 4.39 Å². The number of benzene rings is 1. The zero-order valence-electron chi connectivity index (χ0n) is 9.37. The highest BCUT2D eigenvalue weighted by molar-refractivity contribution is 9.10. The molecule has 1 aromatic rings. The molecule has 0 bridgehead atoms. The van der Waals surface area contributed by atoms with Crippen LogP contribution in [0, 0.1) is 5.82 Å². The van der Waals surface area contributed by atoms with Crippen molar-refractivity contribution in [1.29, 1.82) is 0 Å². The van der Waals surface area contributed by atoms with E-state index < -0.39 is 0 Å². The Balaban J connectivity index is 2.48. The molecule has 1 atom stereocenters. The number of hydrogen-bond donors (Lipinski definition) is 0. The van der Waals surface area contributed by atoms with Crippen LogP contribution in [0.3, 0.4) is 0 Å². The van der Waals surface area contributed by atoms with Crippen molar-refractivity contribution in [1.82, 2.24) is 5.01 Å². The van der Waals surface area contributed by atoms with E-state index in [0.29, 0.717) is 5.56 Å². The highest BCUT2D eigenvalue weighted by Crippen LogP contribution is 2.34. The van der Waals surface area contributed by atoms with Crippen LogP contribution < -0.4 is 0 Å². The molecule has 1 aliphatic rings. The normalized spacial score (nSPS) is 24.8. The molecule has 1 unspecified atom stereocenters. The minimum atomic E-state index is -0.232. The first-order valence-electron chi connectivity index (χ1n) is 5.31. The molecule has 16 heavy (non-hydrogen) atoms. The van der Waals surface area contributed by atoms with Gasteiger partial charge in [-0.1, -0.05) is 41.1 Å². The van der Waals surface area contributed by atoms with E-state index in [4.69, 9.17) is 0 Å². The smallest absolute Gasteiger partial charge is 0.132 e. The zero-order valence-corrected chi connectivity index (χ0v) is 11.0. The topological polar surface area (TPSA) is 15.6 Å². The third kappa shape index (κ3) is 1.86. The Morgan fingerprint density at radius 2 is 2.19 bits per heavy atom. The van der Waals surface area contributed by atoms with Crippen LogP contribution in [0.25, 0.3) is 0 Å². The Morgan fingerprint density at radius 3 is 2.81 bits per heavy atom. The molecule has 1 aliphatic heterocycles. The number of nitrogens with zero attached hydrogens (tertiary/aromatic N) is 2. The van der Waals surface area contributed by atoms with Gasteiger partial charge in [-0.25, -0.2) is 4.39 Å². The molecule has 0 amide bonds. The highest BCUT2D eigenvalue weighted by Gasteiger charge is 2.39. The quantitative estimate of drug-likeness (QED) is 0.763. The minimum absolute atomic E-state index is 0.214. The second-order valence-corrected chi connectivity index (χ2v) is 5.58. The predicted molar refractivity (Wildman–Crippen MR) is 67.5 cm³/mol. The largest absolute Gasteiger partial charge is 0.298 e. The van der Waals surface area contributed by atoms with E-state index in [1.165, 1.54) is 6.07 Å². The molecule has 0 saturated carbocycles. The second-order valence-electron chi connectivity index (χ2n) is 4.06. The lowest BCUT2D eigenvalue weighted by Crippen LogP contribution is -2.34. The van der Waals surface area contributed by atoms with Crippen LogP contribution >= 0.6 is 15.9 Å². The van der Waals surface area contributed by atoms with Gasteiger partial charge in [0.1, 0.15) is 5.82 Å². The molecule has 4 heteroatoms. The molecule has 0 saturated heterocycles. The van der Waals surface area contributed by atoms with Crippen molar-refractivity contribution < 1.29 is 4.39 Å². The predicted octanol–water partition coefficient (Wildman–Crippen LogP) is 3.02. The van der Waals surface area contributed by atoms with Crippen molar-refractivity contribution in [3.05, 3.63) is 35.6 Å². The van der Waals surface area contributed by atoms with Crippen LogP contribution in [0.15, 0.2) is 29.4 Å². The van der Waals surface area contributed by atoms with Crippen molar-refractivity contribution >= 4 is 21.6 Å². The molecule has 0 N–H and O–H groups in total. The summed E-state index contributed by atoms with van der Waals surface area (Å²) in [6.07, 6.45) is 0.879. The summed E-state index contributed by atoms with van der Waals surface area (Å²) in [4.78, 5) is 0. The van der Waals surface area contributed by atoms with Gasteiger partial charge in [-0.3, -0.25) is 5.01 Å². The Morgan fingerprint density at radius 1 is 1.50 bits per heavy atom. The first kappa shape index (κ1) is 11.6. The van der Waals surface area contributed by atoms with Crippen molar-refractivity contribution in [3.63, 3.8) is 0 Å². The van der Waals surface area contributed by atoms with Crippen LogP contribution in [-0.4, -0.2) is 28.6 Å². The van der Waals surface area contributed by atoms with Crippen LogP contribution in [0.2, 0.25) is 0 Å². The summed E-state index contributed by atoms with van der Waals surface area (Å²) in [5.74, 6) is -0.214. The van der Waals surface area contributed by atoms with Gasteiger partial charge in [0.25, 0.3) is 0 Å². The lowest BCUT2D eigenvalue weighted by atomic mass is 9.95. The molecule has 0 aliphatic carbocycles. The minimum Gasteiger partial charge on any atom is -0.298 e. The molecular weight excluding hydrogens is 271 g/mol. The molecule has 0 spiro atoms. The summed E-state index contributed by atoms with van der Waals surface area (Å²) in [7, 11) is 1.90. The summed E-state index contributed by atoms with van der Waals surface area (Å²) in [5, 5.41) is 6.25. The first-order chi connectivity index (χ1) is 7.57. The van der Waals surface area contributed by atoms with E-state index in [1.807, 2.05) is 18.1 Å². The third-order valence-electron chi connectivity index (χ3n) is 2.86.